The van der Waals surface area contributed by atoms with Crippen molar-refractivity contribution in [2.24, 2.45) is 11.8 Å². The van der Waals surface area contributed by atoms with Gasteiger partial charge in [0.05, 0.1) is 0 Å². The van der Waals surface area contributed by atoms with Crippen LogP contribution < -0.4 is 10.6 Å². The number of carbonyl (C=O) groups excluding carboxylic acids is 2. The summed E-state index contributed by atoms with van der Waals surface area (Å²) in [5.41, 5.74) is 0. The summed E-state index contributed by atoms with van der Waals surface area (Å²) in [5, 5.41) is 14.3. The van der Waals surface area contributed by atoms with Crippen LogP contribution in [0.2, 0.25) is 0 Å². The maximum atomic E-state index is 13.0. The number of carbonyl (C=O) groups is 2. The van der Waals surface area contributed by atoms with Crippen molar-refractivity contribution < 1.29 is 14.0 Å². The first-order chi connectivity index (χ1) is 13.1. The normalized spacial score (nSPS) is 16.4. The summed E-state index contributed by atoms with van der Waals surface area (Å²) in [6, 6.07) is -0.606. The minimum atomic E-state index is -0.606. The summed E-state index contributed by atoms with van der Waals surface area (Å²) in [5.74, 6) is 0.545. The molecule has 7 nitrogen and oxygen atoms in total. The number of nitrogens with zero attached hydrogens (tertiary/aromatic N) is 2. The van der Waals surface area contributed by atoms with Crippen LogP contribution in [0, 0.1) is 11.8 Å². The third-order valence-corrected chi connectivity index (χ3v) is 6.09. The molecule has 2 N–H and O–H groups in total. The van der Waals surface area contributed by atoms with Crippen LogP contribution in [0.3, 0.4) is 0 Å². The number of amides is 1. The van der Waals surface area contributed by atoms with Crippen LogP contribution >= 0.6 is 11.8 Å². The first kappa shape index (κ1) is 21.9. The lowest BCUT2D eigenvalue weighted by Gasteiger charge is -2.27. The van der Waals surface area contributed by atoms with Crippen molar-refractivity contribution in [3.05, 3.63) is 5.89 Å². The van der Waals surface area contributed by atoms with Crippen LogP contribution in [-0.4, -0.2) is 47.3 Å². The third kappa shape index (κ3) is 6.31. The zero-order valence-corrected chi connectivity index (χ0v) is 17.4. The van der Waals surface area contributed by atoms with Gasteiger partial charge in [0.25, 0.3) is 11.1 Å². The second-order valence-corrected chi connectivity index (χ2v) is 8.13. The maximum absolute atomic E-state index is 13.0. The molecular weight excluding hydrogens is 364 g/mol. The molecule has 1 heterocycles. The number of aromatic nitrogens is 2. The average Bonchev–Trinajstić information content (AvgIpc) is 3.17. The van der Waals surface area contributed by atoms with E-state index in [2.05, 4.69) is 20.8 Å². The van der Waals surface area contributed by atoms with Gasteiger partial charge in [-0.25, -0.2) is 0 Å². The largest absolute Gasteiger partial charge is 0.408 e. The Balaban J connectivity index is 2.08. The fraction of sp³-hybridized carbons (Fsp3) is 0.789. The van der Waals surface area contributed by atoms with Crippen molar-refractivity contribution in [1.29, 1.82) is 0 Å². The van der Waals surface area contributed by atoms with E-state index in [9.17, 15) is 9.59 Å². The molecular formula is C19H32N4O3S. The predicted octanol–water partition coefficient (Wildman–Crippen LogP) is 3.07. The van der Waals surface area contributed by atoms with Gasteiger partial charge in [0.2, 0.25) is 11.7 Å². The fourth-order valence-corrected chi connectivity index (χ4v) is 4.25. The van der Waals surface area contributed by atoms with E-state index in [-0.39, 0.29) is 29.4 Å². The minimum Gasteiger partial charge on any atom is -0.408 e. The van der Waals surface area contributed by atoms with Gasteiger partial charge in [-0.05, 0) is 25.8 Å². The summed E-state index contributed by atoms with van der Waals surface area (Å²) < 4.78 is 5.55. The van der Waals surface area contributed by atoms with Gasteiger partial charge < -0.3 is 15.1 Å². The van der Waals surface area contributed by atoms with E-state index in [1.807, 2.05) is 20.9 Å². The number of hydrogen-bond donors (Lipinski definition) is 2. The molecule has 27 heavy (non-hydrogen) atoms. The molecule has 0 saturated heterocycles. The summed E-state index contributed by atoms with van der Waals surface area (Å²) in [7, 11) is 1.87. The summed E-state index contributed by atoms with van der Waals surface area (Å²) in [6.07, 6.45) is 6.77. The minimum absolute atomic E-state index is 0.0110. The number of ketones is 1. The zero-order valence-electron chi connectivity index (χ0n) is 16.6. The lowest BCUT2D eigenvalue weighted by atomic mass is 9.86. The van der Waals surface area contributed by atoms with E-state index in [4.69, 9.17) is 4.42 Å². The Morgan fingerprint density at radius 2 is 1.89 bits per heavy atom. The smallest absolute Gasteiger partial charge is 0.286 e. The fourth-order valence-electron chi connectivity index (χ4n) is 3.53. The van der Waals surface area contributed by atoms with E-state index in [0.29, 0.717) is 5.22 Å². The van der Waals surface area contributed by atoms with Crippen molar-refractivity contribution in [2.75, 3.05) is 19.3 Å². The molecule has 1 aliphatic carbocycles. The molecule has 152 valence electrons. The van der Waals surface area contributed by atoms with Crippen molar-refractivity contribution in [2.45, 2.75) is 70.1 Å². The molecule has 1 amide bonds. The molecule has 2 rings (SSSR count). The highest BCUT2D eigenvalue weighted by atomic mass is 32.2. The Bertz CT molecular complexity index is 598. The molecule has 8 heteroatoms. The van der Waals surface area contributed by atoms with Crippen LogP contribution in [-0.2, 0) is 4.79 Å². The Labute approximate surface area is 165 Å². The van der Waals surface area contributed by atoms with Gasteiger partial charge in [0.15, 0.2) is 0 Å². The highest BCUT2D eigenvalue weighted by Gasteiger charge is 2.34. The third-order valence-electron chi connectivity index (χ3n) is 5.27. The second-order valence-electron chi connectivity index (χ2n) is 7.09. The quantitative estimate of drug-likeness (QED) is 0.337. The predicted molar refractivity (Wildman–Crippen MR) is 106 cm³/mol. The first-order valence-corrected chi connectivity index (χ1v) is 11.0. The van der Waals surface area contributed by atoms with Gasteiger partial charge in [-0.2, -0.15) is 0 Å². The number of Topliss-reactive ketones (excluding diaryl/α,β-unsaturated/α-hetero) is 1. The molecule has 1 aromatic heterocycles. The topological polar surface area (TPSA) is 97.1 Å². The van der Waals surface area contributed by atoms with Crippen molar-refractivity contribution in [1.82, 2.24) is 20.8 Å². The molecule has 1 aliphatic rings. The summed E-state index contributed by atoms with van der Waals surface area (Å²) >= 11 is 1.41. The molecule has 1 aromatic rings. The average molecular weight is 397 g/mol. The lowest BCUT2D eigenvalue weighted by Crippen LogP contribution is -2.48. The Kier molecular flexibility index (Phi) is 9.27. The maximum Gasteiger partial charge on any atom is 0.286 e. The Hall–Kier alpha value is -1.41. The molecule has 1 atom stereocenters. The van der Waals surface area contributed by atoms with E-state index in [0.717, 1.165) is 50.8 Å². The highest BCUT2D eigenvalue weighted by Crippen LogP contribution is 2.25. The van der Waals surface area contributed by atoms with E-state index in [1.165, 1.54) is 18.2 Å². The second kappa shape index (κ2) is 11.4. The van der Waals surface area contributed by atoms with E-state index in [1.54, 1.807) is 0 Å². The monoisotopic (exact) mass is 396 g/mol. The van der Waals surface area contributed by atoms with Crippen LogP contribution in [0.25, 0.3) is 0 Å². The highest BCUT2D eigenvalue weighted by molar-refractivity contribution is 7.99. The number of hydrogen-bond acceptors (Lipinski definition) is 7. The summed E-state index contributed by atoms with van der Waals surface area (Å²) in [6.45, 7) is 4.88. The van der Waals surface area contributed by atoms with Gasteiger partial charge in [0, 0.05) is 18.2 Å². The molecule has 0 spiro atoms. The first-order valence-electron chi connectivity index (χ1n) is 10.1. The summed E-state index contributed by atoms with van der Waals surface area (Å²) in [4.78, 5) is 25.8. The van der Waals surface area contributed by atoms with Crippen LogP contribution in [0.1, 0.15) is 69.5 Å². The van der Waals surface area contributed by atoms with Crippen LogP contribution in [0.5, 0.6) is 0 Å². The van der Waals surface area contributed by atoms with Crippen LogP contribution in [0.15, 0.2) is 9.64 Å². The molecule has 0 bridgehead atoms. The molecule has 1 unspecified atom stereocenters. The Morgan fingerprint density at radius 1 is 1.19 bits per heavy atom. The molecule has 0 aromatic carbocycles. The van der Waals surface area contributed by atoms with Gasteiger partial charge in [-0.1, -0.05) is 57.7 Å². The number of thioether (sulfide) groups is 1. The van der Waals surface area contributed by atoms with Gasteiger partial charge in [-0.15, -0.1) is 10.2 Å². The lowest BCUT2D eigenvalue weighted by molar-refractivity contribution is -0.126. The van der Waals surface area contributed by atoms with Gasteiger partial charge in [0.1, 0.15) is 6.04 Å². The van der Waals surface area contributed by atoms with E-state index < -0.39 is 6.04 Å². The standard InChI is InChI=1S/C19H32N4O3S/c1-4-13(5-2)15(21-17(25)14-9-7-6-8-10-14)16(24)18-22-23-19(26-18)27-12-11-20-3/h13-15,20H,4-12H2,1-3H3,(H,21,25). The number of nitrogens with one attached hydrogen (secondary N) is 2. The van der Waals surface area contributed by atoms with Crippen molar-refractivity contribution in [3.63, 3.8) is 0 Å². The molecule has 0 radical (unpaired) electrons. The van der Waals surface area contributed by atoms with Crippen LogP contribution in [0.4, 0.5) is 0 Å². The Morgan fingerprint density at radius 3 is 2.52 bits per heavy atom. The van der Waals surface area contributed by atoms with E-state index >= 15 is 0 Å². The SMILES string of the molecule is CCC(CC)C(NC(=O)C1CCCCC1)C(=O)c1nnc(SCCNC)o1. The molecule has 0 aliphatic heterocycles. The number of rotatable bonds is 11. The molecule has 1 saturated carbocycles. The zero-order chi connectivity index (χ0) is 19.6. The molecule has 1 fully saturated rings. The van der Waals surface area contributed by atoms with Crippen molar-refractivity contribution in [3.8, 4) is 0 Å². The van der Waals surface area contributed by atoms with Crippen molar-refractivity contribution >= 4 is 23.5 Å². The van der Waals surface area contributed by atoms with Gasteiger partial charge in [-0.3, -0.25) is 9.59 Å². The van der Waals surface area contributed by atoms with Gasteiger partial charge >= 0.3 is 0 Å².